The Morgan fingerprint density at radius 1 is 1.25 bits per heavy atom. The molecule has 0 spiro atoms. The summed E-state index contributed by atoms with van der Waals surface area (Å²) >= 11 is 0. The highest BCUT2D eigenvalue weighted by Crippen LogP contribution is 2.17. The molecule has 4 nitrogen and oxygen atoms in total. The molecule has 0 bridgehead atoms. The normalized spacial score (nSPS) is 11.4. The quantitative estimate of drug-likeness (QED) is 0.595. The zero-order valence-corrected chi connectivity index (χ0v) is 8.03. The first kappa shape index (κ1) is 12.4. The van der Waals surface area contributed by atoms with Gasteiger partial charge in [-0.2, -0.15) is 0 Å². The molecule has 0 unspecified atom stereocenters. The van der Waals surface area contributed by atoms with Gasteiger partial charge in [0.1, 0.15) is 0 Å². The van der Waals surface area contributed by atoms with E-state index in [-0.39, 0.29) is 12.1 Å². The number of benzene rings is 1. The average Bonchev–Trinajstić information content (AvgIpc) is 2.16. The predicted molar refractivity (Wildman–Crippen MR) is 48.8 cm³/mol. The molecule has 0 aliphatic rings. The standard InChI is InChI=1S/C9H8F3NO3/c10-9(11,12)16-6-5-7-1-3-8(4-2-7)13(14)15/h1-4H,5-6H2. The molecular formula is C9H8F3NO3. The maximum absolute atomic E-state index is 11.6. The van der Waals surface area contributed by atoms with Crippen molar-refractivity contribution in [2.24, 2.45) is 0 Å². The average molecular weight is 235 g/mol. The van der Waals surface area contributed by atoms with Crippen molar-refractivity contribution in [3.8, 4) is 0 Å². The van der Waals surface area contributed by atoms with E-state index >= 15 is 0 Å². The van der Waals surface area contributed by atoms with Crippen molar-refractivity contribution in [3.05, 3.63) is 39.9 Å². The van der Waals surface area contributed by atoms with Gasteiger partial charge in [-0.15, -0.1) is 13.2 Å². The molecule has 0 fully saturated rings. The molecule has 0 saturated carbocycles. The number of nitro benzene ring substituents is 1. The molecule has 0 saturated heterocycles. The summed E-state index contributed by atoms with van der Waals surface area (Å²) in [5.74, 6) is 0. The number of nitro groups is 1. The van der Waals surface area contributed by atoms with Crippen LogP contribution in [0.25, 0.3) is 0 Å². The molecule has 0 atom stereocenters. The molecule has 88 valence electrons. The number of hydrogen-bond acceptors (Lipinski definition) is 3. The Kier molecular flexibility index (Phi) is 3.83. The van der Waals surface area contributed by atoms with E-state index < -0.39 is 17.9 Å². The molecule has 0 heterocycles. The molecule has 0 amide bonds. The Balaban J connectivity index is 2.47. The van der Waals surface area contributed by atoms with E-state index in [1.807, 2.05) is 0 Å². The van der Waals surface area contributed by atoms with Crippen LogP contribution in [0.5, 0.6) is 0 Å². The highest BCUT2D eigenvalue weighted by atomic mass is 19.4. The van der Waals surface area contributed by atoms with Crippen LogP contribution in [0.2, 0.25) is 0 Å². The van der Waals surface area contributed by atoms with Crippen molar-refractivity contribution in [1.82, 2.24) is 0 Å². The second-order valence-corrected chi connectivity index (χ2v) is 2.97. The lowest BCUT2D eigenvalue weighted by Crippen LogP contribution is -2.15. The van der Waals surface area contributed by atoms with Gasteiger partial charge in [0, 0.05) is 12.1 Å². The Hall–Kier alpha value is -1.63. The minimum absolute atomic E-state index is 0.0531. The maximum Gasteiger partial charge on any atom is 0.522 e. The Morgan fingerprint density at radius 3 is 2.25 bits per heavy atom. The van der Waals surface area contributed by atoms with Gasteiger partial charge < -0.3 is 0 Å². The van der Waals surface area contributed by atoms with Crippen molar-refractivity contribution in [3.63, 3.8) is 0 Å². The minimum atomic E-state index is -4.64. The van der Waals surface area contributed by atoms with Crippen LogP contribution in [0, 0.1) is 10.1 Å². The third-order valence-corrected chi connectivity index (χ3v) is 1.80. The molecule has 7 heteroatoms. The number of hydrogen-bond donors (Lipinski definition) is 0. The monoisotopic (exact) mass is 235 g/mol. The number of ether oxygens (including phenoxy) is 1. The predicted octanol–water partition coefficient (Wildman–Crippen LogP) is 2.67. The van der Waals surface area contributed by atoms with Crippen molar-refractivity contribution in [1.29, 1.82) is 0 Å². The van der Waals surface area contributed by atoms with E-state index in [1.165, 1.54) is 24.3 Å². The lowest BCUT2D eigenvalue weighted by atomic mass is 10.1. The Labute approximate surface area is 88.8 Å². The van der Waals surface area contributed by atoms with Crippen LogP contribution in [-0.2, 0) is 11.2 Å². The molecule has 0 aliphatic carbocycles. The summed E-state index contributed by atoms with van der Waals surface area (Å²) in [5, 5.41) is 10.3. The van der Waals surface area contributed by atoms with E-state index in [0.29, 0.717) is 5.56 Å². The summed E-state index contributed by atoms with van der Waals surface area (Å²) in [7, 11) is 0. The van der Waals surface area contributed by atoms with Gasteiger partial charge in [0.15, 0.2) is 0 Å². The second kappa shape index (κ2) is 4.93. The number of alkyl halides is 3. The third kappa shape index (κ3) is 4.26. The van der Waals surface area contributed by atoms with Crippen molar-refractivity contribution in [2.75, 3.05) is 6.61 Å². The highest BCUT2D eigenvalue weighted by molar-refractivity contribution is 5.32. The van der Waals surface area contributed by atoms with E-state index in [0.717, 1.165) is 0 Å². The number of non-ortho nitro benzene ring substituents is 1. The number of halogens is 3. The fraction of sp³-hybridized carbons (Fsp3) is 0.333. The summed E-state index contributed by atoms with van der Waals surface area (Å²) in [6.07, 6.45) is -4.59. The van der Waals surface area contributed by atoms with Gasteiger partial charge in [0.05, 0.1) is 11.5 Å². The van der Waals surface area contributed by atoms with Gasteiger partial charge >= 0.3 is 6.36 Å². The number of nitrogens with zero attached hydrogens (tertiary/aromatic N) is 1. The van der Waals surface area contributed by atoms with E-state index in [2.05, 4.69) is 4.74 Å². The van der Waals surface area contributed by atoms with E-state index in [1.54, 1.807) is 0 Å². The SMILES string of the molecule is O=[N+]([O-])c1ccc(CCOC(F)(F)F)cc1. The van der Waals surface area contributed by atoms with Gasteiger partial charge in [0.2, 0.25) is 0 Å². The Morgan fingerprint density at radius 2 is 1.81 bits per heavy atom. The van der Waals surface area contributed by atoms with E-state index in [4.69, 9.17) is 0 Å². The molecule has 1 aromatic carbocycles. The van der Waals surface area contributed by atoms with Crippen LogP contribution in [0.1, 0.15) is 5.56 Å². The second-order valence-electron chi connectivity index (χ2n) is 2.97. The van der Waals surface area contributed by atoms with Crippen LogP contribution in [0.4, 0.5) is 18.9 Å². The van der Waals surface area contributed by atoms with Crippen molar-refractivity contribution in [2.45, 2.75) is 12.8 Å². The summed E-state index contributed by atoms with van der Waals surface area (Å²) in [6, 6.07) is 5.28. The lowest BCUT2D eigenvalue weighted by Gasteiger charge is -2.06. The Bertz CT molecular complexity index is 361. The zero-order chi connectivity index (χ0) is 12.2. The van der Waals surface area contributed by atoms with Crippen LogP contribution >= 0.6 is 0 Å². The van der Waals surface area contributed by atoms with Crippen molar-refractivity contribution < 1.29 is 22.8 Å². The topological polar surface area (TPSA) is 52.4 Å². The first-order valence-corrected chi connectivity index (χ1v) is 4.32. The maximum atomic E-state index is 11.6. The molecule has 16 heavy (non-hydrogen) atoms. The molecular weight excluding hydrogens is 227 g/mol. The molecule has 0 radical (unpaired) electrons. The summed E-state index contributed by atoms with van der Waals surface area (Å²) < 4.78 is 38.4. The summed E-state index contributed by atoms with van der Waals surface area (Å²) in [4.78, 5) is 9.72. The molecule has 0 N–H and O–H groups in total. The van der Waals surface area contributed by atoms with Crippen molar-refractivity contribution >= 4 is 5.69 Å². The molecule has 1 rings (SSSR count). The smallest absolute Gasteiger partial charge is 0.292 e. The summed E-state index contributed by atoms with van der Waals surface area (Å²) in [5.41, 5.74) is 0.454. The largest absolute Gasteiger partial charge is 0.522 e. The molecule has 0 aromatic heterocycles. The first-order valence-electron chi connectivity index (χ1n) is 4.32. The van der Waals surface area contributed by atoms with Gasteiger partial charge in [-0.1, -0.05) is 12.1 Å². The van der Waals surface area contributed by atoms with Gasteiger partial charge in [0.25, 0.3) is 5.69 Å². The molecule has 1 aromatic rings. The van der Waals surface area contributed by atoms with Crippen LogP contribution < -0.4 is 0 Å². The fourth-order valence-corrected chi connectivity index (χ4v) is 1.07. The first-order chi connectivity index (χ1) is 7.38. The van der Waals surface area contributed by atoms with Gasteiger partial charge in [-0.25, -0.2) is 0 Å². The molecule has 0 aliphatic heterocycles. The number of rotatable bonds is 4. The van der Waals surface area contributed by atoms with Gasteiger partial charge in [-0.05, 0) is 12.0 Å². The van der Waals surface area contributed by atoms with Crippen LogP contribution in [-0.4, -0.2) is 17.9 Å². The minimum Gasteiger partial charge on any atom is -0.292 e. The van der Waals surface area contributed by atoms with Crippen LogP contribution in [0.3, 0.4) is 0 Å². The summed E-state index contributed by atoms with van der Waals surface area (Å²) in [6.45, 7) is -0.499. The van der Waals surface area contributed by atoms with E-state index in [9.17, 15) is 23.3 Å². The van der Waals surface area contributed by atoms with Gasteiger partial charge in [-0.3, -0.25) is 14.9 Å². The van der Waals surface area contributed by atoms with Crippen LogP contribution in [0.15, 0.2) is 24.3 Å². The highest BCUT2D eigenvalue weighted by Gasteiger charge is 2.28. The fourth-order valence-electron chi connectivity index (χ4n) is 1.07. The third-order valence-electron chi connectivity index (χ3n) is 1.80. The lowest BCUT2D eigenvalue weighted by molar-refractivity contribution is -0.384. The zero-order valence-electron chi connectivity index (χ0n) is 8.03.